The van der Waals surface area contributed by atoms with Crippen molar-refractivity contribution >= 4 is 64.4 Å². The number of benzene rings is 3. The average molecular weight is 539 g/mol. The van der Waals surface area contributed by atoms with Gasteiger partial charge in [0, 0.05) is 24.1 Å². The van der Waals surface area contributed by atoms with Gasteiger partial charge in [-0.2, -0.15) is 5.10 Å². The summed E-state index contributed by atoms with van der Waals surface area (Å²) >= 11 is 23.7. The first-order valence-corrected chi connectivity index (χ1v) is 11.6. The summed E-state index contributed by atoms with van der Waals surface area (Å²) in [4.78, 5) is 24.2. The Morgan fingerprint density at radius 2 is 1.59 bits per heavy atom. The minimum absolute atomic E-state index is 0.0415. The first-order valence-electron chi connectivity index (χ1n) is 10.0. The van der Waals surface area contributed by atoms with Gasteiger partial charge in [-0.05, 0) is 48.0 Å². The van der Waals surface area contributed by atoms with Crippen LogP contribution < -0.4 is 15.5 Å². The van der Waals surface area contributed by atoms with Crippen molar-refractivity contribution in [2.75, 3.05) is 6.54 Å². The second-order valence-corrected chi connectivity index (χ2v) is 8.63. The summed E-state index contributed by atoms with van der Waals surface area (Å²) in [5.41, 5.74) is 4.32. The van der Waals surface area contributed by atoms with Crippen molar-refractivity contribution in [2.24, 2.45) is 5.10 Å². The first-order chi connectivity index (χ1) is 16.3. The monoisotopic (exact) mass is 537 g/mol. The van der Waals surface area contributed by atoms with E-state index in [-0.39, 0.29) is 36.4 Å². The zero-order valence-electron chi connectivity index (χ0n) is 17.7. The van der Waals surface area contributed by atoms with E-state index in [1.807, 2.05) is 18.2 Å². The quantitative estimate of drug-likeness (QED) is 0.253. The summed E-state index contributed by atoms with van der Waals surface area (Å²) < 4.78 is 5.85. The van der Waals surface area contributed by atoms with Crippen molar-refractivity contribution in [1.29, 1.82) is 0 Å². The van der Waals surface area contributed by atoms with Crippen LogP contribution in [0, 0.1) is 0 Å². The van der Waals surface area contributed by atoms with Crippen LogP contribution >= 0.6 is 46.4 Å². The van der Waals surface area contributed by atoms with Crippen molar-refractivity contribution in [2.45, 2.75) is 13.0 Å². The Labute approximate surface area is 216 Å². The van der Waals surface area contributed by atoms with Crippen LogP contribution in [0.25, 0.3) is 0 Å². The number of ether oxygens (including phenoxy) is 1. The van der Waals surface area contributed by atoms with Crippen molar-refractivity contribution < 1.29 is 14.3 Å². The van der Waals surface area contributed by atoms with E-state index in [1.165, 1.54) is 18.3 Å². The molecule has 0 saturated heterocycles. The zero-order chi connectivity index (χ0) is 24.5. The second kappa shape index (κ2) is 12.6. The number of nitrogens with zero attached hydrogens (tertiary/aromatic N) is 1. The molecule has 0 heterocycles. The van der Waals surface area contributed by atoms with Gasteiger partial charge >= 0.3 is 0 Å². The van der Waals surface area contributed by atoms with Crippen molar-refractivity contribution in [3.63, 3.8) is 0 Å². The molecule has 0 bridgehead atoms. The van der Waals surface area contributed by atoms with Crippen molar-refractivity contribution in [3.05, 3.63) is 97.4 Å². The van der Waals surface area contributed by atoms with Gasteiger partial charge in [0.2, 0.25) is 5.91 Å². The number of hydrogen-bond donors (Lipinski definition) is 2. The largest absolute Gasteiger partial charge is 0.488 e. The van der Waals surface area contributed by atoms with Crippen LogP contribution in [-0.2, 0) is 11.4 Å². The lowest BCUT2D eigenvalue weighted by atomic mass is 10.2. The minimum atomic E-state index is -0.361. The van der Waals surface area contributed by atoms with Crippen LogP contribution in [0.3, 0.4) is 0 Å². The molecule has 0 saturated carbocycles. The second-order valence-electron chi connectivity index (χ2n) is 7.00. The lowest BCUT2D eigenvalue weighted by Gasteiger charge is -2.09. The third kappa shape index (κ3) is 7.64. The van der Waals surface area contributed by atoms with Crippen LogP contribution in [-0.4, -0.2) is 24.6 Å². The highest BCUT2D eigenvalue weighted by Gasteiger charge is 2.09. The molecule has 0 unspecified atom stereocenters. The smallest absolute Gasteiger partial charge is 0.251 e. The van der Waals surface area contributed by atoms with E-state index >= 15 is 0 Å². The number of carbonyl (C=O) groups excluding carboxylic acids is 2. The van der Waals surface area contributed by atoms with Crippen LogP contribution in [0.1, 0.15) is 27.9 Å². The normalized spacial score (nSPS) is 10.8. The van der Waals surface area contributed by atoms with Crippen molar-refractivity contribution in [1.82, 2.24) is 10.7 Å². The molecule has 0 radical (unpaired) electrons. The van der Waals surface area contributed by atoms with E-state index in [9.17, 15) is 9.59 Å². The summed E-state index contributed by atoms with van der Waals surface area (Å²) in [6.45, 7) is 0.413. The predicted molar refractivity (Wildman–Crippen MR) is 136 cm³/mol. The number of para-hydroxylation sites is 1. The number of carbonyl (C=O) groups is 2. The Hall–Kier alpha value is -2.77. The SMILES string of the molecule is O=C(CCNC(=O)c1ccc(Cl)c(Cl)c1)NN=Cc1ccccc1OCc1ccc(Cl)c(Cl)c1. The fraction of sp³-hybridized carbons (Fsp3) is 0.125. The Kier molecular flexibility index (Phi) is 9.60. The summed E-state index contributed by atoms with van der Waals surface area (Å²) in [5, 5.41) is 8.18. The minimum Gasteiger partial charge on any atom is -0.488 e. The Balaban J connectivity index is 1.47. The maximum absolute atomic E-state index is 12.1. The highest BCUT2D eigenvalue weighted by atomic mass is 35.5. The van der Waals surface area contributed by atoms with E-state index < -0.39 is 0 Å². The van der Waals surface area contributed by atoms with Crippen molar-refractivity contribution in [3.8, 4) is 5.75 Å². The van der Waals surface area contributed by atoms with Crippen LogP contribution in [0.15, 0.2) is 65.8 Å². The van der Waals surface area contributed by atoms with E-state index in [0.29, 0.717) is 31.9 Å². The Morgan fingerprint density at radius 1 is 0.882 bits per heavy atom. The molecule has 0 fully saturated rings. The van der Waals surface area contributed by atoms with E-state index in [4.69, 9.17) is 51.1 Å². The van der Waals surface area contributed by atoms with E-state index in [1.54, 1.807) is 30.3 Å². The lowest BCUT2D eigenvalue weighted by Crippen LogP contribution is -2.29. The first kappa shape index (κ1) is 25.8. The maximum Gasteiger partial charge on any atom is 0.251 e. The van der Waals surface area contributed by atoms with E-state index in [2.05, 4.69) is 15.8 Å². The molecule has 6 nitrogen and oxygen atoms in total. The molecule has 0 aliphatic rings. The molecule has 10 heteroatoms. The van der Waals surface area contributed by atoms with Gasteiger partial charge < -0.3 is 10.1 Å². The number of nitrogens with one attached hydrogen (secondary N) is 2. The third-order valence-corrected chi connectivity index (χ3v) is 5.99. The highest BCUT2D eigenvalue weighted by Crippen LogP contribution is 2.24. The zero-order valence-corrected chi connectivity index (χ0v) is 20.7. The molecule has 3 rings (SSSR count). The van der Waals surface area contributed by atoms with Gasteiger partial charge in [-0.15, -0.1) is 0 Å². The number of amides is 2. The molecule has 0 aromatic heterocycles. The van der Waals surface area contributed by atoms with Gasteiger partial charge in [-0.25, -0.2) is 5.43 Å². The van der Waals surface area contributed by atoms with Gasteiger partial charge in [0.1, 0.15) is 12.4 Å². The molecular formula is C24H19Cl4N3O3. The molecule has 0 atom stereocenters. The fourth-order valence-corrected chi connectivity index (χ4v) is 3.39. The van der Waals surface area contributed by atoms with E-state index in [0.717, 1.165) is 5.56 Å². The number of hydrazone groups is 1. The number of hydrogen-bond acceptors (Lipinski definition) is 4. The summed E-state index contributed by atoms with van der Waals surface area (Å²) in [6, 6.07) is 17.1. The van der Waals surface area contributed by atoms with Gasteiger partial charge in [0.25, 0.3) is 5.91 Å². The van der Waals surface area contributed by atoms with Gasteiger partial charge in [0.15, 0.2) is 0 Å². The predicted octanol–water partition coefficient (Wildman–Crippen LogP) is 6.15. The lowest BCUT2D eigenvalue weighted by molar-refractivity contribution is -0.120. The maximum atomic E-state index is 12.1. The standard InChI is InChI=1S/C24H19Cl4N3O3/c25-18-7-5-15(11-20(18)27)14-34-22-4-2-1-3-17(22)13-30-31-23(32)9-10-29-24(33)16-6-8-19(26)21(28)12-16/h1-8,11-13H,9-10,14H2,(H,29,33)(H,31,32). The highest BCUT2D eigenvalue weighted by molar-refractivity contribution is 6.42. The Morgan fingerprint density at radius 3 is 2.32 bits per heavy atom. The number of halogens is 4. The van der Waals surface area contributed by atoms with Crippen LogP contribution in [0.5, 0.6) is 5.75 Å². The third-order valence-electron chi connectivity index (χ3n) is 4.51. The van der Waals surface area contributed by atoms with Crippen LogP contribution in [0.2, 0.25) is 20.1 Å². The van der Waals surface area contributed by atoms with Gasteiger partial charge in [-0.3, -0.25) is 9.59 Å². The molecule has 176 valence electrons. The Bertz CT molecular complexity index is 1220. The molecule has 3 aromatic rings. The molecule has 2 amide bonds. The molecule has 2 N–H and O–H groups in total. The summed E-state index contributed by atoms with van der Waals surface area (Å²) in [6.07, 6.45) is 1.52. The molecule has 34 heavy (non-hydrogen) atoms. The molecule has 3 aromatic carbocycles. The summed E-state index contributed by atoms with van der Waals surface area (Å²) in [7, 11) is 0. The van der Waals surface area contributed by atoms with Gasteiger partial charge in [0.05, 0.1) is 26.3 Å². The topological polar surface area (TPSA) is 79.8 Å². The molecular weight excluding hydrogens is 520 g/mol. The molecule has 0 spiro atoms. The average Bonchev–Trinajstić information content (AvgIpc) is 2.82. The fourth-order valence-electron chi connectivity index (χ4n) is 2.77. The van der Waals surface area contributed by atoms with Gasteiger partial charge in [-0.1, -0.05) is 64.6 Å². The number of rotatable bonds is 9. The molecule has 0 aliphatic heterocycles. The summed E-state index contributed by atoms with van der Waals surface area (Å²) in [5.74, 6) is -0.136. The molecule has 0 aliphatic carbocycles. The van der Waals surface area contributed by atoms with Crippen LogP contribution in [0.4, 0.5) is 0 Å².